The Kier molecular flexibility index (Phi) is 15.8. The molecule has 6 rings (SSSR count). The molecular formula is C49H38B11. The number of rotatable bonds is 18. The van der Waals surface area contributed by atoms with Crippen LogP contribution < -0.4 is 21.9 Å². The zero-order chi connectivity index (χ0) is 42.6. The summed E-state index contributed by atoms with van der Waals surface area (Å²) in [5, 5.41) is 7.92. The second-order valence-electron chi connectivity index (χ2n) is 14.8. The molecule has 0 saturated carbocycles. The van der Waals surface area contributed by atoms with Crippen molar-refractivity contribution in [2.45, 2.75) is 27.7 Å². The predicted octanol–water partition coefficient (Wildman–Crippen LogP) is 3.67. The van der Waals surface area contributed by atoms with Crippen molar-refractivity contribution in [3.63, 3.8) is 0 Å². The van der Waals surface area contributed by atoms with Crippen molar-refractivity contribution in [1.29, 1.82) is 0 Å². The maximum atomic E-state index is 6.66. The number of allylic oxidation sites excluding steroid dienone is 8. The van der Waals surface area contributed by atoms with E-state index in [1.165, 1.54) is 10.8 Å². The average Bonchev–Trinajstić information content (AvgIpc) is 3.26. The van der Waals surface area contributed by atoms with Gasteiger partial charge in [-0.25, -0.2) is 0 Å². The van der Waals surface area contributed by atoms with Crippen LogP contribution in [-0.2, 0) is 0 Å². The Balaban J connectivity index is 1.02. The number of benzene rings is 6. The summed E-state index contributed by atoms with van der Waals surface area (Å²) in [5.41, 5.74) is 9.58. The SMILES string of the molecule is [B]=C([B]C(=C/C)/C=C(\C)C(=[B])[B]c1cccc(C(=[B])[B]c2cccc3ccccc23)c1)[B]c1cccc(C(=[B])[B]C(=C/C)/C=C(\C)C(=[B])[B]c2cccc3ccccc23)c1. The molecular weight excluding hydrogens is 707 g/mol. The van der Waals surface area contributed by atoms with Gasteiger partial charge in [0.05, 0.1) is 0 Å². The van der Waals surface area contributed by atoms with Crippen LogP contribution in [0.3, 0.4) is 0 Å². The molecule has 0 nitrogen and oxygen atoms in total. The molecule has 11 heteroatoms. The Morgan fingerprint density at radius 1 is 0.450 bits per heavy atom. The Bertz CT molecular complexity index is 2740. The molecule has 0 saturated heterocycles. The van der Waals surface area contributed by atoms with Crippen LogP contribution in [0.5, 0.6) is 0 Å². The van der Waals surface area contributed by atoms with E-state index >= 15 is 0 Å². The van der Waals surface area contributed by atoms with Crippen molar-refractivity contribution in [2.24, 2.45) is 0 Å². The molecule has 0 spiro atoms. The third kappa shape index (κ3) is 12.0. The number of fused-ring (bicyclic) bond motifs is 2. The van der Waals surface area contributed by atoms with Crippen molar-refractivity contribution < 1.29 is 0 Å². The minimum absolute atomic E-state index is 0.594. The zero-order valence-electron chi connectivity index (χ0n) is 34.9. The molecule has 0 N–H and O–H groups in total. The zero-order valence-corrected chi connectivity index (χ0v) is 34.9. The maximum absolute atomic E-state index is 6.66. The van der Waals surface area contributed by atoms with Gasteiger partial charge in [-0.15, -0.1) is 0 Å². The summed E-state index contributed by atoms with van der Waals surface area (Å²) in [7, 11) is 44.9. The Morgan fingerprint density at radius 3 is 1.47 bits per heavy atom. The number of hydrogen-bond donors (Lipinski definition) is 0. The molecule has 0 heterocycles. The van der Waals surface area contributed by atoms with Crippen molar-refractivity contribution in [1.82, 2.24) is 0 Å². The van der Waals surface area contributed by atoms with E-state index in [0.29, 0.717) is 26.7 Å². The molecule has 0 aromatic heterocycles. The topological polar surface area (TPSA) is 0 Å². The Hall–Kier alpha value is -5.14. The van der Waals surface area contributed by atoms with Gasteiger partial charge in [-0.1, -0.05) is 0 Å². The first kappa shape index (κ1) is 44.4. The van der Waals surface area contributed by atoms with Gasteiger partial charge < -0.3 is 0 Å². The van der Waals surface area contributed by atoms with Crippen LogP contribution in [0.4, 0.5) is 0 Å². The second kappa shape index (κ2) is 21.4. The normalized spacial score (nSPS) is 12.0. The fraction of sp³-hybridized carbons (Fsp3) is 0.0816. The van der Waals surface area contributed by atoms with E-state index in [9.17, 15) is 0 Å². The molecule has 0 aliphatic rings. The molecule has 6 aromatic rings. The molecule has 60 heavy (non-hydrogen) atoms. The summed E-state index contributed by atoms with van der Waals surface area (Å²) in [6.45, 7) is 7.97. The molecule has 0 bridgehead atoms. The van der Waals surface area contributed by atoms with Crippen molar-refractivity contribution in [3.05, 3.63) is 191 Å². The van der Waals surface area contributed by atoms with Crippen molar-refractivity contribution in [2.75, 3.05) is 0 Å². The van der Waals surface area contributed by atoms with Crippen LogP contribution in [0.2, 0.25) is 0 Å². The Morgan fingerprint density at radius 2 is 0.900 bits per heavy atom. The molecule has 0 unspecified atom stereocenters. The van der Waals surface area contributed by atoms with E-state index in [-0.39, 0.29) is 0 Å². The van der Waals surface area contributed by atoms with Gasteiger partial charge in [-0.05, 0) is 0 Å². The van der Waals surface area contributed by atoms with Crippen LogP contribution in [-0.4, -0.2) is 108 Å². The summed E-state index contributed by atoms with van der Waals surface area (Å²) >= 11 is 0. The van der Waals surface area contributed by atoms with Gasteiger partial charge >= 0.3 is 370 Å². The van der Waals surface area contributed by atoms with Crippen LogP contribution in [0.25, 0.3) is 21.5 Å². The van der Waals surface area contributed by atoms with E-state index in [0.717, 1.165) is 65.8 Å². The first-order chi connectivity index (χ1) is 29.0. The van der Waals surface area contributed by atoms with Gasteiger partial charge in [-0.2, -0.15) is 0 Å². The fourth-order valence-electron chi connectivity index (χ4n) is 6.97. The quantitative estimate of drug-likeness (QED) is 0.0932. The second-order valence-corrected chi connectivity index (χ2v) is 14.8. The summed E-state index contributed by atoms with van der Waals surface area (Å²) in [6, 6.07) is 45.2. The fourth-order valence-corrected chi connectivity index (χ4v) is 6.97. The van der Waals surface area contributed by atoms with Gasteiger partial charge in [-0.3, -0.25) is 0 Å². The molecule has 6 aromatic carbocycles. The van der Waals surface area contributed by atoms with E-state index in [2.05, 4.69) is 72.8 Å². The molecule has 0 atom stereocenters. The van der Waals surface area contributed by atoms with Crippen LogP contribution in [0.1, 0.15) is 38.8 Å². The van der Waals surface area contributed by atoms with Gasteiger partial charge in [0, 0.05) is 0 Å². The summed E-state index contributed by atoms with van der Waals surface area (Å²) in [6.07, 6.45) is 8.11. The van der Waals surface area contributed by atoms with Gasteiger partial charge in [0.2, 0.25) is 0 Å². The van der Waals surface area contributed by atoms with Crippen molar-refractivity contribution >= 4 is 151 Å². The van der Waals surface area contributed by atoms with Crippen molar-refractivity contribution in [3.8, 4) is 0 Å². The van der Waals surface area contributed by atoms with Crippen LogP contribution in [0.15, 0.2) is 180 Å². The average molecular weight is 746 g/mol. The van der Waals surface area contributed by atoms with E-state index in [4.69, 9.17) is 37.4 Å². The summed E-state index contributed by atoms with van der Waals surface area (Å²) < 4.78 is 0. The van der Waals surface area contributed by atoms with E-state index in [1.54, 1.807) is 0 Å². The molecule has 0 aliphatic carbocycles. The predicted molar refractivity (Wildman–Crippen MR) is 281 cm³/mol. The first-order valence-corrected chi connectivity index (χ1v) is 20.1. The standard InChI is InChI=1S/C49H38B11/c1-5-37(27-32(4)46(51)59-43-25-13-17-33-15-7-9-23-41(33)43)55-47(52)35-19-12-22-40(30-35)58-49(54)57-38(6-2)28-31(3)45(50)56-39-21-11-20-36(29-39)48(53)60-44-26-14-18-34-16-8-10-24-42(34)44/h5-30H,1-4H3/b31-28+,32-27+,37-5+,38-6+. The molecule has 267 valence electrons. The third-order valence-corrected chi connectivity index (χ3v) is 10.4. The van der Waals surface area contributed by atoms with E-state index in [1.807, 2.05) is 156 Å². The Labute approximate surface area is 368 Å². The molecule has 0 amide bonds. The first-order valence-electron chi connectivity index (χ1n) is 20.1. The molecule has 0 fully saturated rings. The summed E-state index contributed by atoms with van der Waals surface area (Å²) in [4.78, 5) is 0. The summed E-state index contributed by atoms with van der Waals surface area (Å²) in [5.74, 6) is 0. The third-order valence-electron chi connectivity index (χ3n) is 10.4. The van der Waals surface area contributed by atoms with Gasteiger partial charge in [0.15, 0.2) is 0 Å². The van der Waals surface area contributed by atoms with Gasteiger partial charge in [0.1, 0.15) is 0 Å². The van der Waals surface area contributed by atoms with Gasteiger partial charge in [0.25, 0.3) is 0 Å². The van der Waals surface area contributed by atoms with Crippen LogP contribution >= 0.6 is 0 Å². The monoisotopic (exact) mass is 747 g/mol. The molecule has 0 aliphatic heterocycles. The minimum atomic E-state index is 0.594. The van der Waals surface area contributed by atoms with Crippen LogP contribution in [0, 0.1) is 0 Å². The number of hydrogen-bond acceptors (Lipinski definition) is 0. The molecule has 11 radical (unpaired) electrons. The van der Waals surface area contributed by atoms with E-state index < -0.39 is 0 Å².